The Morgan fingerprint density at radius 1 is 1.25 bits per heavy atom. The molecule has 0 N–H and O–H groups in total. The summed E-state index contributed by atoms with van der Waals surface area (Å²) in [5, 5.41) is 0.680. The molecule has 0 aromatic heterocycles. The Kier molecular flexibility index (Phi) is 4.99. The maximum atomic E-state index is 11.8. The number of carbonyl (C=O) groups excluding carboxylic acids is 1. The van der Waals surface area contributed by atoms with Crippen molar-refractivity contribution < 1.29 is 9.53 Å². The average Bonchev–Trinajstić information content (AvgIpc) is 2.46. The summed E-state index contributed by atoms with van der Waals surface area (Å²) in [6, 6.07) is 12.7. The topological polar surface area (TPSA) is 26.3 Å². The molecule has 0 unspecified atom stereocenters. The minimum atomic E-state index is -0.169. The number of allylic oxidation sites excluding steroid dienone is 1. The fraction of sp³-hybridized carbons (Fsp3) is 0.0625. The van der Waals surface area contributed by atoms with Gasteiger partial charge in [-0.2, -0.15) is 0 Å². The van der Waals surface area contributed by atoms with E-state index >= 15 is 0 Å². The number of hydrogen-bond acceptors (Lipinski definition) is 2. The first kappa shape index (κ1) is 14.8. The molecule has 0 aliphatic heterocycles. The van der Waals surface area contributed by atoms with Crippen LogP contribution in [0.2, 0.25) is 5.02 Å². The third kappa shape index (κ3) is 3.71. The number of ether oxygens (including phenoxy) is 1. The monoisotopic (exact) mass is 350 g/mol. The number of rotatable bonds is 5. The molecule has 0 fully saturated rings. The van der Waals surface area contributed by atoms with Crippen molar-refractivity contribution in [1.29, 1.82) is 0 Å². The maximum absolute atomic E-state index is 11.8. The van der Waals surface area contributed by atoms with Crippen molar-refractivity contribution in [1.82, 2.24) is 0 Å². The van der Waals surface area contributed by atoms with Crippen LogP contribution >= 0.6 is 27.5 Å². The molecule has 0 saturated carbocycles. The van der Waals surface area contributed by atoms with E-state index in [-0.39, 0.29) is 5.78 Å². The quantitative estimate of drug-likeness (QED) is 0.556. The Bertz CT molecular complexity index is 635. The Hall–Kier alpha value is -1.58. The van der Waals surface area contributed by atoms with Gasteiger partial charge in [-0.3, -0.25) is 4.79 Å². The zero-order valence-corrected chi connectivity index (χ0v) is 12.9. The number of carbonyl (C=O) groups is 1. The van der Waals surface area contributed by atoms with E-state index in [0.717, 1.165) is 10.0 Å². The van der Waals surface area contributed by atoms with Gasteiger partial charge in [0.15, 0.2) is 5.78 Å². The maximum Gasteiger partial charge on any atom is 0.189 e. The predicted molar refractivity (Wildman–Crippen MR) is 84.5 cm³/mol. The molecule has 20 heavy (non-hydrogen) atoms. The van der Waals surface area contributed by atoms with Crippen molar-refractivity contribution >= 4 is 33.3 Å². The zero-order chi connectivity index (χ0) is 14.5. The second-order valence-electron chi connectivity index (χ2n) is 4.12. The summed E-state index contributed by atoms with van der Waals surface area (Å²) in [5.74, 6) is 0.366. The van der Waals surface area contributed by atoms with Crippen LogP contribution in [0.3, 0.4) is 0 Å². The van der Waals surface area contributed by atoms with E-state index < -0.39 is 0 Å². The van der Waals surface area contributed by atoms with Crippen molar-refractivity contribution in [2.75, 3.05) is 0 Å². The molecule has 0 saturated heterocycles. The van der Waals surface area contributed by atoms with Gasteiger partial charge in [0, 0.05) is 9.50 Å². The van der Waals surface area contributed by atoms with Crippen LogP contribution in [0.4, 0.5) is 0 Å². The van der Waals surface area contributed by atoms with Crippen LogP contribution in [0, 0.1) is 0 Å². The second-order valence-corrected chi connectivity index (χ2v) is 5.48. The number of ketones is 1. The van der Waals surface area contributed by atoms with Gasteiger partial charge in [-0.1, -0.05) is 46.2 Å². The number of hydrogen-bond donors (Lipinski definition) is 0. The summed E-state index contributed by atoms with van der Waals surface area (Å²) < 4.78 is 6.53. The molecule has 0 spiro atoms. The highest BCUT2D eigenvalue weighted by molar-refractivity contribution is 9.10. The van der Waals surface area contributed by atoms with E-state index in [1.165, 1.54) is 6.08 Å². The van der Waals surface area contributed by atoms with Gasteiger partial charge in [0.05, 0.1) is 5.56 Å². The minimum absolute atomic E-state index is 0.169. The van der Waals surface area contributed by atoms with Crippen LogP contribution in [0.25, 0.3) is 0 Å². The predicted octanol–water partition coefficient (Wildman–Crippen LogP) is 5.05. The largest absolute Gasteiger partial charge is 0.488 e. The van der Waals surface area contributed by atoms with E-state index in [4.69, 9.17) is 16.3 Å². The van der Waals surface area contributed by atoms with Gasteiger partial charge in [0.25, 0.3) is 0 Å². The van der Waals surface area contributed by atoms with Gasteiger partial charge >= 0.3 is 0 Å². The lowest BCUT2D eigenvalue weighted by Gasteiger charge is -2.10. The fourth-order valence-corrected chi connectivity index (χ4v) is 2.16. The van der Waals surface area contributed by atoms with E-state index in [1.54, 1.807) is 24.3 Å². The highest BCUT2D eigenvalue weighted by Gasteiger charge is 2.10. The molecule has 4 heteroatoms. The van der Waals surface area contributed by atoms with Crippen LogP contribution in [0.1, 0.15) is 15.9 Å². The van der Waals surface area contributed by atoms with Crippen LogP contribution in [0.5, 0.6) is 5.75 Å². The van der Waals surface area contributed by atoms with Gasteiger partial charge in [-0.25, -0.2) is 0 Å². The highest BCUT2D eigenvalue weighted by Crippen LogP contribution is 2.25. The van der Waals surface area contributed by atoms with E-state index in [0.29, 0.717) is 22.9 Å². The van der Waals surface area contributed by atoms with Crippen molar-refractivity contribution in [2.24, 2.45) is 0 Å². The molecule has 0 aliphatic rings. The summed E-state index contributed by atoms with van der Waals surface area (Å²) >= 11 is 9.17. The summed E-state index contributed by atoms with van der Waals surface area (Å²) in [4.78, 5) is 11.8. The molecular weight excluding hydrogens is 340 g/mol. The van der Waals surface area contributed by atoms with Crippen molar-refractivity contribution in [3.8, 4) is 5.75 Å². The first-order valence-corrected chi connectivity index (χ1v) is 7.11. The van der Waals surface area contributed by atoms with Crippen molar-refractivity contribution in [3.05, 3.63) is 75.7 Å². The van der Waals surface area contributed by atoms with Crippen LogP contribution in [0.15, 0.2) is 59.6 Å². The standard InChI is InChI=1S/C16H12BrClO2/c1-2-15(19)14-9-12(17)5-8-16(14)20-10-11-3-6-13(18)7-4-11/h2-9H,1,10H2. The molecule has 0 radical (unpaired) electrons. The highest BCUT2D eigenvalue weighted by atomic mass is 79.9. The first-order chi connectivity index (χ1) is 9.60. The summed E-state index contributed by atoms with van der Waals surface area (Å²) in [6.45, 7) is 3.87. The molecular formula is C16H12BrClO2. The van der Waals surface area contributed by atoms with Crippen LogP contribution in [-0.4, -0.2) is 5.78 Å². The van der Waals surface area contributed by atoms with Gasteiger partial charge in [-0.15, -0.1) is 0 Å². The lowest BCUT2D eigenvalue weighted by Crippen LogP contribution is -2.02. The molecule has 2 rings (SSSR count). The molecule has 2 aromatic carbocycles. The summed E-state index contributed by atoms with van der Waals surface area (Å²) in [7, 11) is 0. The molecule has 0 bridgehead atoms. The normalized spacial score (nSPS) is 10.1. The van der Waals surface area contributed by atoms with Crippen LogP contribution in [-0.2, 0) is 6.61 Å². The third-order valence-corrected chi connectivity index (χ3v) is 3.45. The van der Waals surface area contributed by atoms with Crippen molar-refractivity contribution in [2.45, 2.75) is 6.61 Å². The fourth-order valence-electron chi connectivity index (χ4n) is 1.67. The van der Waals surface area contributed by atoms with Gasteiger partial charge in [0.1, 0.15) is 12.4 Å². The summed E-state index contributed by atoms with van der Waals surface area (Å²) in [5.41, 5.74) is 1.47. The molecule has 0 atom stereocenters. The lowest BCUT2D eigenvalue weighted by molar-refractivity contribution is 0.104. The average molecular weight is 352 g/mol. The third-order valence-electron chi connectivity index (χ3n) is 2.70. The van der Waals surface area contributed by atoms with Gasteiger partial charge in [0.2, 0.25) is 0 Å². The van der Waals surface area contributed by atoms with E-state index in [2.05, 4.69) is 22.5 Å². The molecule has 102 valence electrons. The molecule has 0 heterocycles. The molecule has 2 nitrogen and oxygen atoms in total. The molecule has 0 aliphatic carbocycles. The zero-order valence-electron chi connectivity index (χ0n) is 10.6. The number of halogens is 2. The van der Waals surface area contributed by atoms with E-state index in [1.807, 2.05) is 18.2 Å². The molecule has 2 aromatic rings. The van der Waals surface area contributed by atoms with E-state index in [9.17, 15) is 4.79 Å². The van der Waals surface area contributed by atoms with Crippen LogP contribution < -0.4 is 4.74 Å². The SMILES string of the molecule is C=CC(=O)c1cc(Br)ccc1OCc1ccc(Cl)cc1. The van der Waals surface area contributed by atoms with Gasteiger partial charge < -0.3 is 4.74 Å². The minimum Gasteiger partial charge on any atom is -0.488 e. The lowest BCUT2D eigenvalue weighted by atomic mass is 10.1. The van der Waals surface area contributed by atoms with Crippen molar-refractivity contribution in [3.63, 3.8) is 0 Å². The Morgan fingerprint density at radius 3 is 2.60 bits per heavy atom. The first-order valence-electron chi connectivity index (χ1n) is 5.93. The Labute approximate surface area is 131 Å². The Balaban J connectivity index is 2.18. The summed E-state index contributed by atoms with van der Waals surface area (Å²) in [6.07, 6.45) is 1.27. The number of benzene rings is 2. The smallest absolute Gasteiger partial charge is 0.189 e. The van der Waals surface area contributed by atoms with Gasteiger partial charge in [-0.05, 0) is 42.0 Å². The Morgan fingerprint density at radius 2 is 1.95 bits per heavy atom. The molecule has 0 amide bonds. The second kappa shape index (κ2) is 6.73.